The summed E-state index contributed by atoms with van der Waals surface area (Å²) in [4.78, 5) is 83.3. The molecule has 1 aliphatic heterocycles. The molecule has 20 heteroatoms. The average molecular weight is 857 g/mol. The van der Waals surface area contributed by atoms with E-state index >= 15 is 0 Å². The lowest BCUT2D eigenvalue weighted by Gasteiger charge is -2.13. The molecule has 1 saturated heterocycles. The summed E-state index contributed by atoms with van der Waals surface area (Å²) < 4.78 is 0. The van der Waals surface area contributed by atoms with Gasteiger partial charge in [-0.3, -0.25) is 14.4 Å². The van der Waals surface area contributed by atoms with Crippen LogP contribution in [0.2, 0.25) is 0 Å². The third kappa shape index (κ3) is 21.2. The highest BCUT2D eigenvalue weighted by molar-refractivity contribution is 8.77. The zero-order valence-electron chi connectivity index (χ0n) is 30.4. The molecule has 3 aromatic rings. The van der Waals surface area contributed by atoms with Crippen molar-refractivity contribution in [2.45, 2.75) is 90.1 Å². The van der Waals surface area contributed by atoms with Crippen LogP contribution in [0.4, 0.5) is 0 Å². The molecule has 3 aromatic heterocycles. The van der Waals surface area contributed by atoms with Gasteiger partial charge in [-0.25, -0.2) is 24.5 Å². The van der Waals surface area contributed by atoms with Gasteiger partial charge in [0.25, 0.3) is 11.8 Å². The van der Waals surface area contributed by atoms with Gasteiger partial charge in [-0.05, 0) is 88.5 Å². The fourth-order valence-corrected chi connectivity index (χ4v) is 9.55. The van der Waals surface area contributed by atoms with E-state index in [9.17, 15) is 24.0 Å². The van der Waals surface area contributed by atoms with E-state index < -0.39 is 17.8 Å². The summed E-state index contributed by atoms with van der Waals surface area (Å²) in [5.41, 5.74) is 4.74. The molecule has 0 radical (unpaired) electrons. The minimum atomic E-state index is -0.557. The van der Waals surface area contributed by atoms with Crippen molar-refractivity contribution in [2.75, 3.05) is 14.1 Å². The molecule has 2 N–H and O–H groups in total. The molecule has 0 saturated carbocycles. The summed E-state index contributed by atoms with van der Waals surface area (Å²) in [7, 11) is 12.5. The molecule has 1 aliphatic rings. The van der Waals surface area contributed by atoms with Crippen LogP contribution < -0.4 is 11.0 Å². The Morgan fingerprint density at radius 1 is 0.667 bits per heavy atom. The van der Waals surface area contributed by atoms with Crippen molar-refractivity contribution < 1.29 is 38.5 Å². The number of carbonyl (C=O) groups excluding carboxylic acids is 5. The Morgan fingerprint density at radius 2 is 1.09 bits per heavy atom. The summed E-state index contributed by atoms with van der Waals surface area (Å²) in [6, 6.07) is 17.2. The standard InChI is InChI=1S/C14H16N2O4S2.C11H16N2O2S2.C9H12N2O2S2/c1-10(21-22-11-4-2-3-9-15-11)5-8-14(19)20-16-12(17)6-7-13(16)18;1-9(6-7-11(14)15-12-2)16-17-10-5-3-4-8-13-10;1-7(9(12)13-10-2)14-15-8-5-3-4-6-11-8/h2-4,9-10H,5-8H2,1H3;3-5,8-9,12H,6-7H2,1-2H3;3-7,10H,1-2H3. The van der Waals surface area contributed by atoms with E-state index in [1.165, 1.54) is 21.6 Å². The highest BCUT2D eigenvalue weighted by Gasteiger charge is 2.32. The van der Waals surface area contributed by atoms with Crippen LogP contribution in [0.25, 0.3) is 0 Å². The Bertz CT molecular complexity index is 1540. The van der Waals surface area contributed by atoms with Gasteiger partial charge in [0, 0.05) is 68.9 Å². The molecule has 0 aromatic carbocycles. The predicted molar refractivity (Wildman–Crippen MR) is 217 cm³/mol. The fraction of sp³-hybridized carbons (Fsp3) is 0.412. The van der Waals surface area contributed by atoms with Gasteiger partial charge in [0.1, 0.15) is 20.3 Å². The number of hydrogen-bond acceptors (Lipinski definition) is 19. The van der Waals surface area contributed by atoms with Crippen LogP contribution in [-0.2, 0) is 38.5 Å². The van der Waals surface area contributed by atoms with Crippen LogP contribution in [0.5, 0.6) is 0 Å². The molecule has 3 atom stereocenters. The van der Waals surface area contributed by atoms with E-state index in [1.807, 2.05) is 61.5 Å². The van der Waals surface area contributed by atoms with Crippen molar-refractivity contribution in [3.05, 3.63) is 73.2 Å². The molecule has 14 nitrogen and oxygen atoms in total. The van der Waals surface area contributed by atoms with Crippen molar-refractivity contribution in [3.63, 3.8) is 0 Å². The summed E-state index contributed by atoms with van der Waals surface area (Å²) >= 11 is 0. The second-order valence-corrected chi connectivity index (χ2v) is 18.6. The first-order valence-corrected chi connectivity index (χ1v) is 23.2. The Balaban J connectivity index is 0.000000287. The minimum absolute atomic E-state index is 0.110. The molecule has 4 rings (SSSR count). The molecule has 54 heavy (non-hydrogen) atoms. The van der Waals surface area contributed by atoms with E-state index in [2.05, 4.69) is 42.5 Å². The van der Waals surface area contributed by atoms with E-state index in [-0.39, 0.29) is 41.7 Å². The SMILES string of the molecule is CC(CCC(=O)ON1C(=O)CCC1=O)SSc1ccccn1.CNOC(=O)C(C)SSc1ccccn1.CNOC(=O)CCC(C)SSc1ccccn1. The van der Waals surface area contributed by atoms with Gasteiger partial charge in [-0.2, -0.15) is 11.0 Å². The number of nitrogens with one attached hydrogen (secondary N) is 2. The first-order valence-electron chi connectivity index (χ1n) is 16.6. The fourth-order valence-electron chi connectivity index (χ4n) is 3.50. The number of amides is 2. The molecule has 0 bridgehead atoms. The Kier molecular flexibility index (Phi) is 24.8. The summed E-state index contributed by atoms with van der Waals surface area (Å²) in [6.07, 6.45) is 7.43. The number of rotatable bonds is 19. The normalized spacial score (nSPS) is 13.7. The van der Waals surface area contributed by atoms with E-state index in [1.54, 1.807) is 82.8 Å². The van der Waals surface area contributed by atoms with E-state index in [0.717, 1.165) is 21.5 Å². The van der Waals surface area contributed by atoms with Crippen molar-refractivity contribution in [2.24, 2.45) is 0 Å². The third-order valence-corrected chi connectivity index (χ3v) is 14.6. The van der Waals surface area contributed by atoms with Gasteiger partial charge in [0.15, 0.2) is 0 Å². The van der Waals surface area contributed by atoms with Crippen molar-refractivity contribution >= 4 is 94.5 Å². The van der Waals surface area contributed by atoms with Gasteiger partial charge in [-0.15, -0.1) is 5.06 Å². The van der Waals surface area contributed by atoms with Crippen molar-refractivity contribution in [3.8, 4) is 0 Å². The maximum Gasteiger partial charge on any atom is 0.338 e. The number of aromatic nitrogens is 3. The van der Waals surface area contributed by atoms with Crippen LogP contribution >= 0.6 is 64.8 Å². The summed E-state index contributed by atoms with van der Waals surface area (Å²) in [6.45, 7) is 5.88. The highest BCUT2D eigenvalue weighted by Crippen LogP contribution is 2.36. The maximum atomic E-state index is 11.7. The topological polar surface area (TPSA) is 179 Å². The second-order valence-electron chi connectivity index (χ2n) is 10.7. The summed E-state index contributed by atoms with van der Waals surface area (Å²) in [5, 5.41) is 3.73. The first-order chi connectivity index (χ1) is 26.0. The molecule has 3 unspecified atom stereocenters. The Labute approximate surface area is 339 Å². The van der Waals surface area contributed by atoms with Crippen LogP contribution in [0.3, 0.4) is 0 Å². The number of imide groups is 1. The minimum Gasteiger partial charge on any atom is -0.371 e. The number of hydroxylamine groups is 4. The number of hydrogen-bond donors (Lipinski definition) is 2. The maximum absolute atomic E-state index is 11.7. The molecular formula is C34H44N6O8S6. The quantitative estimate of drug-likeness (QED) is 0.0704. The molecule has 2 amide bonds. The van der Waals surface area contributed by atoms with Gasteiger partial charge in [-0.1, -0.05) is 64.4 Å². The summed E-state index contributed by atoms with van der Waals surface area (Å²) in [5.74, 6) is -1.97. The second kappa shape index (κ2) is 28.4. The van der Waals surface area contributed by atoms with Gasteiger partial charge in [0.05, 0.1) is 0 Å². The largest absolute Gasteiger partial charge is 0.371 e. The molecular weight excluding hydrogens is 813 g/mol. The average Bonchev–Trinajstić information content (AvgIpc) is 3.50. The first kappa shape index (κ1) is 47.2. The molecule has 294 valence electrons. The van der Waals surface area contributed by atoms with Gasteiger partial charge < -0.3 is 14.5 Å². The smallest absolute Gasteiger partial charge is 0.338 e. The van der Waals surface area contributed by atoms with E-state index in [4.69, 9.17) is 4.84 Å². The Hall–Kier alpha value is -2.98. The van der Waals surface area contributed by atoms with Crippen LogP contribution in [0.15, 0.2) is 88.3 Å². The zero-order chi connectivity index (χ0) is 39.6. The van der Waals surface area contributed by atoms with Crippen molar-refractivity contribution in [1.82, 2.24) is 31.0 Å². The number of nitrogens with zero attached hydrogens (tertiary/aromatic N) is 4. The predicted octanol–water partition coefficient (Wildman–Crippen LogP) is 7.15. The number of pyridine rings is 3. The Morgan fingerprint density at radius 3 is 1.50 bits per heavy atom. The van der Waals surface area contributed by atoms with Gasteiger partial charge >= 0.3 is 17.9 Å². The lowest BCUT2D eigenvalue weighted by Crippen LogP contribution is -2.32. The molecule has 4 heterocycles. The third-order valence-electron chi connectivity index (χ3n) is 6.25. The highest BCUT2D eigenvalue weighted by atomic mass is 33.1. The monoisotopic (exact) mass is 856 g/mol. The lowest BCUT2D eigenvalue weighted by molar-refractivity contribution is -0.197. The van der Waals surface area contributed by atoms with Crippen molar-refractivity contribution in [1.29, 1.82) is 0 Å². The molecule has 1 fully saturated rings. The van der Waals surface area contributed by atoms with E-state index in [0.29, 0.717) is 23.2 Å². The van der Waals surface area contributed by atoms with Crippen LogP contribution in [0, 0.1) is 0 Å². The molecule has 0 spiro atoms. The van der Waals surface area contributed by atoms with Crippen LogP contribution in [-0.4, -0.2) is 79.6 Å². The number of carbonyl (C=O) groups is 5. The lowest BCUT2D eigenvalue weighted by atomic mass is 10.2. The van der Waals surface area contributed by atoms with Crippen LogP contribution in [0.1, 0.15) is 59.3 Å². The zero-order valence-corrected chi connectivity index (χ0v) is 35.3. The van der Waals surface area contributed by atoms with Gasteiger partial charge in [0.2, 0.25) is 0 Å². The molecule has 0 aliphatic carbocycles.